The fourth-order valence-electron chi connectivity index (χ4n) is 2.35. The van der Waals surface area contributed by atoms with Crippen LogP contribution in [0.15, 0.2) is 64.2 Å². The quantitative estimate of drug-likeness (QED) is 0.458. The van der Waals surface area contributed by atoms with Crippen LogP contribution in [0, 0.1) is 0 Å². The minimum absolute atomic E-state index is 0.0130. The molecular weight excluding hydrogens is 512 g/mol. The first-order valence-electron chi connectivity index (χ1n) is 8.63. The summed E-state index contributed by atoms with van der Waals surface area (Å²) in [6.07, 6.45) is 1.18. The second kappa shape index (κ2) is 9.94. The van der Waals surface area contributed by atoms with Gasteiger partial charge in [0.2, 0.25) is 5.88 Å². The highest BCUT2D eigenvalue weighted by molar-refractivity contribution is 9.10. The Labute approximate surface area is 191 Å². The summed E-state index contributed by atoms with van der Waals surface area (Å²) < 4.78 is 38.5. The third kappa shape index (κ3) is 6.29. The van der Waals surface area contributed by atoms with Crippen molar-refractivity contribution >= 4 is 55.0 Å². The van der Waals surface area contributed by atoms with Gasteiger partial charge in [-0.1, -0.05) is 27.5 Å². The van der Waals surface area contributed by atoms with Crippen molar-refractivity contribution in [2.24, 2.45) is 0 Å². The van der Waals surface area contributed by atoms with Crippen LogP contribution >= 0.6 is 27.5 Å². The Hall–Kier alpha value is -2.89. The number of nitrogens with one attached hydrogen (secondary N) is 2. The lowest BCUT2D eigenvalue weighted by molar-refractivity contribution is -0.118. The molecule has 3 aromatic rings. The summed E-state index contributed by atoms with van der Waals surface area (Å²) in [5.74, 6) is 0.222. The van der Waals surface area contributed by atoms with Gasteiger partial charge in [0.05, 0.1) is 17.0 Å². The Bertz CT molecular complexity index is 1190. The van der Waals surface area contributed by atoms with E-state index in [1.54, 1.807) is 18.2 Å². The highest BCUT2D eigenvalue weighted by atomic mass is 79.9. The summed E-state index contributed by atoms with van der Waals surface area (Å²) in [7, 11) is -2.48. The van der Waals surface area contributed by atoms with E-state index in [2.05, 4.69) is 35.9 Å². The van der Waals surface area contributed by atoms with Gasteiger partial charge < -0.3 is 14.8 Å². The van der Waals surface area contributed by atoms with E-state index in [9.17, 15) is 13.2 Å². The van der Waals surface area contributed by atoms with Gasteiger partial charge in [-0.15, -0.1) is 0 Å². The monoisotopic (exact) mass is 526 g/mol. The smallest absolute Gasteiger partial charge is 0.263 e. The number of ether oxygens (including phenoxy) is 2. The molecule has 0 aliphatic heterocycles. The average molecular weight is 528 g/mol. The molecule has 9 nitrogen and oxygen atoms in total. The Morgan fingerprint density at radius 3 is 2.55 bits per heavy atom. The number of methoxy groups -OCH3 is 1. The first kappa shape index (κ1) is 22.8. The molecule has 2 aromatic carbocycles. The maximum absolute atomic E-state index is 12.5. The molecule has 1 heterocycles. The molecule has 0 bridgehead atoms. The predicted octanol–water partition coefficient (Wildman–Crippen LogP) is 3.72. The van der Waals surface area contributed by atoms with Crippen LogP contribution in [0.4, 0.5) is 11.5 Å². The van der Waals surface area contributed by atoms with E-state index in [4.69, 9.17) is 21.1 Å². The Kier molecular flexibility index (Phi) is 7.31. The number of benzene rings is 2. The molecule has 1 amide bonds. The molecule has 0 saturated heterocycles. The molecule has 2 N–H and O–H groups in total. The van der Waals surface area contributed by atoms with E-state index in [1.807, 2.05) is 0 Å². The molecule has 0 atom stereocenters. The molecule has 0 spiro atoms. The van der Waals surface area contributed by atoms with Crippen LogP contribution < -0.4 is 19.5 Å². The van der Waals surface area contributed by atoms with Crippen LogP contribution in [0.3, 0.4) is 0 Å². The molecule has 0 radical (unpaired) electrons. The zero-order valence-electron chi connectivity index (χ0n) is 16.0. The molecular formula is C19H16BrClN4O5S. The number of anilines is 2. The Balaban J connectivity index is 1.60. The van der Waals surface area contributed by atoms with E-state index < -0.39 is 15.9 Å². The maximum Gasteiger partial charge on any atom is 0.263 e. The standard InChI is InChI=1S/C19H16BrClN4O5S/c1-29-19-9-17(22-11-23-19)25-31(27,28)14-5-3-13(4-6-14)24-18(26)10-30-16-7-2-12(20)8-15(16)21/h2-9,11H,10H2,1H3,(H,24,26)(H,22,23,25). The first-order chi connectivity index (χ1) is 14.8. The molecule has 162 valence electrons. The number of carbonyl (C=O) groups is 1. The van der Waals surface area contributed by atoms with Crippen LogP contribution in [0.5, 0.6) is 11.6 Å². The fourth-order valence-corrected chi connectivity index (χ4v) is 4.08. The fraction of sp³-hybridized carbons (Fsp3) is 0.105. The summed E-state index contributed by atoms with van der Waals surface area (Å²) in [4.78, 5) is 19.8. The third-order valence-corrected chi connectivity index (χ3v) is 5.95. The number of hydrogen-bond donors (Lipinski definition) is 2. The number of rotatable bonds is 8. The van der Waals surface area contributed by atoms with Crippen molar-refractivity contribution in [1.82, 2.24) is 9.97 Å². The molecule has 0 fully saturated rings. The van der Waals surface area contributed by atoms with E-state index >= 15 is 0 Å². The highest BCUT2D eigenvalue weighted by Gasteiger charge is 2.16. The van der Waals surface area contributed by atoms with Crippen LogP contribution in [-0.4, -0.2) is 38.0 Å². The van der Waals surface area contributed by atoms with Crippen molar-refractivity contribution in [3.8, 4) is 11.6 Å². The predicted molar refractivity (Wildman–Crippen MR) is 119 cm³/mol. The van der Waals surface area contributed by atoms with E-state index in [1.165, 1.54) is 43.8 Å². The zero-order chi connectivity index (χ0) is 22.4. The number of aromatic nitrogens is 2. The van der Waals surface area contributed by atoms with Gasteiger partial charge >= 0.3 is 0 Å². The highest BCUT2D eigenvalue weighted by Crippen LogP contribution is 2.27. The SMILES string of the molecule is COc1cc(NS(=O)(=O)c2ccc(NC(=O)COc3ccc(Br)cc3Cl)cc2)ncn1. The van der Waals surface area contributed by atoms with Crippen molar-refractivity contribution in [1.29, 1.82) is 0 Å². The third-order valence-electron chi connectivity index (χ3n) is 3.79. The van der Waals surface area contributed by atoms with Gasteiger partial charge in [0, 0.05) is 16.2 Å². The van der Waals surface area contributed by atoms with Crippen molar-refractivity contribution in [3.63, 3.8) is 0 Å². The van der Waals surface area contributed by atoms with E-state index in [-0.39, 0.29) is 23.2 Å². The topological polar surface area (TPSA) is 120 Å². The number of nitrogens with zero attached hydrogens (tertiary/aromatic N) is 2. The molecule has 31 heavy (non-hydrogen) atoms. The summed E-state index contributed by atoms with van der Waals surface area (Å²) in [6, 6.07) is 12.0. The molecule has 3 rings (SSSR count). The van der Waals surface area contributed by atoms with Gasteiger partial charge in [-0.25, -0.2) is 18.4 Å². The van der Waals surface area contributed by atoms with Crippen molar-refractivity contribution in [2.45, 2.75) is 4.90 Å². The normalized spacial score (nSPS) is 10.9. The molecule has 0 saturated carbocycles. The first-order valence-corrected chi connectivity index (χ1v) is 11.3. The minimum Gasteiger partial charge on any atom is -0.482 e. The summed E-state index contributed by atoms with van der Waals surface area (Å²) in [5.41, 5.74) is 0.401. The van der Waals surface area contributed by atoms with Crippen molar-refractivity contribution < 1.29 is 22.7 Å². The van der Waals surface area contributed by atoms with Crippen LogP contribution in [-0.2, 0) is 14.8 Å². The molecule has 0 unspecified atom stereocenters. The summed E-state index contributed by atoms with van der Waals surface area (Å²) in [6.45, 7) is -0.265. The molecule has 12 heteroatoms. The molecule has 0 aliphatic rings. The number of sulfonamides is 1. The van der Waals surface area contributed by atoms with Gasteiger partial charge in [-0.3, -0.25) is 9.52 Å². The van der Waals surface area contributed by atoms with Crippen LogP contribution in [0.1, 0.15) is 0 Å². The minimum atomic E-state index is -3.89. The van der Waals surface area contributed by atoms with Crippen molar-refractivity contribution in [2.75, 3.05) is 23.8 Å². The van der Waals surface area contributed by atoms with Gasteiger partial charge in [-0.05, 0) is 42.5 Å². The average Bonchev–Trinajstić information content (AvgIpc) is 2.73. The lowest BCUT2D eigenvalue weighted by Crippen LogP contribution is -2.20. The second-order valence-corrected chi connectivity index (χ2v) is 8.99. The number of halogens is 2. The summed E-state index contributed by atoms with van der Waals surface area (Å²) >= 11 is 9.33. The van der Waals surface area contributed by atoms with Crippen LogP contribution in [0.25, 0.3) is 0 Å². The zero-order valence-corrected chi connectivity index (χ0v) is 19.2. The van der Waals surface area contributed by atoms with E-state index in [0.29, 0.717) is 16.5 Å². The van der Waals surface area contributed by atoms with Crippen LogP contribution in [0.2, 0.25) is 5.02 Å². The van der Waals surface area contributed by atoms with Gasteiger partial charge in [0.15, 0.2) is 6.61 Å². The van der Waals surface area contributed by atoms with Gasteiger partial charge in [0.25, 0.3) is 15.9 Å². The van der Waals surface area contributed by atoms with Crippen molar-refractivity contribution in [3.05, 3.63) is 64.4 Å². The second-order valence-electron chi connectivity index (χ2n) is 5.99. The number of amides is 1. The number of hydrogen-bond acceptors (Lipinski definition) is 7. The molecule has 0 aliphatic carbocycles. The Morgan fingerprint density at radius 1 is 1.13 bits per heavy atom. The van der Waals surface area contributed by atoms with E-state index in [0.717, 1.165) is 4.47 Å². The lowest BCUT2D eigenvalue weighted by Gasteiger charge is -2.10. The van der Waals surface area contributed by atoms with Gasteiger partial charge in [0.1, 0.15) is 17.9 Å². The largest absolute Gasteiger partial charge is 0.482 e. The lowest BCUT2D eigenvalue weighted by atomic mass is 10.3. The maximum atomic E-state index is 12.5. The van der Waals surface area contributed by atoms with Gasteiger partial charge in [-0.2, -0.15) is 0 Å². The Morgan fingerprint density at radius 2 is 1.87 bits per heavy atom. The number of carbonyl (C=O) groups excluding carboxylic acids is 1. The summed E-state index contributed by atoms with van der Waals surface area (Å²) in [5, 5.41) is 2.98. The molecule has 1 aromatic heterocycles.